The van der Waals surface area contributed by atoms with E-state index in [-0.39, 0.29) is 15.8 Å². The molecule has 0 fully saturated rings. The Kier molecular flexibility index (Phi) is 3.52. The summed E-state index contributed by atoms with van der Waals surface area (Å²) in [6.45, 7) is 0.528. The van der Waals surface area contributed by atoms with Gasteiger partial charge in [0.05, 0.1) is 16.6 Å². The summed E-state index contributed by atoms with van der Waals surface area (Å²) in [6, 6.07) is 7.71. The Morgan fingerprint density at radius 3 is 2.90 bits per heavy atom. The van der Waals surface area contributed by atoms with E-state index >= 15 is 0 Å². The van der Waals surface area contributed by atoms with E-state index in [0.717, 1.165) is 12.0 Å². The van der Waals surface area contributed by atoms with E-state index in [0.29, 0.717) is 22.9 Å². The summed E-state index contributed by atoms with van der Waals surface area (Å²) in [5.74, 6) is -0.233. The summed E-state index contributed by atoms with van der Waals surface area (Å²) in [4.78, 5) is 12.6. The highest BCUT2D eigenvalue weighted by atomic mass is 79.9. The normalized spacial score (nSPS) is 12.9. The van der Waals surface area contributed by atoms with Crippen molar-refractivity contribution < 1.29 is 13.9 Å². The fourth-order valence-electron chi connectivity index (χ4n) is 2.26. The summed E-state index contributed by atoms with van der Waals surface area (Å²) >= 11 is 9.15. The molecule has 1 aliphatic heterocycles. The van der Waals surface area contributed by atoms with E-state index in [2.05, 4.69) is 15.9 Å². The van der Waals surface area contributed by atoms with Crippen LogP contribution >= 0.6 is 27.5 Å². The predicted octanol–water partition coefficient (Wildman–Crippen LogP) is 4.41. The second-order valence-corrected chi connectivity index (χ2v) is 5.70. The van der Waals surface area contributed by atoms with E-state index in [4.69, 9.17) is 16.3 Å². The average Bonchev–Trinajstić information content (AvgIpc) is 2.88. The molecule has 0 saturated carbocycles. The zero-order chi connectivity index (χ0) is 14.3. The number of hydrogen-bond acceptors (Lipinski definition) is 2. The molecule has 0 saturated heterocycles. The Labute approximate surface area is 128 Å². The van der Waals surface area contributed by atoms with E-state index in [1.54, 1.807) is 18.2 Å². The second kappa shape index (κ2) is 5.19. The standard InChI is InChI=1S/C15H9BrClFO2/c16-13-10(2-1-3-12(13)18)14(19)11-7-9(17)6-8-4-5-20-15(8)11/h1-3,6-7H,4-5H2. The molecule has 2 aromatic carbocycles. The molecular weight excluding hydrogens is 347 g/mol. The van der Waals surface area contributed by atoms with Crippen LogP contribution in [0.15, 0.2) is 34.8 Å². The van der Waals surface area contributed by atoms with E-state index < -0.39 is 5.82 Å². The first-order valence-electron chi connectivity index (χ1n) is 6.02. The highest BCUT2D eigenvalue weighted by Crippen LogP contribution is 2.35. The largest absolute Gasteiger partial charge is 0.492 e. The van der Waals surface area contributed by atoms with Crippen LogP contribution in [-0.4, -0.2) is 12.4 Å². The van der Waals surface area contributed by atoms with Crippen LogP contribution in [0.4, 0.5) is 4.39 Å². The second-order valence-electron chi connectivity index (χ2n) is 4.47. The highest BCUT2D eigenvalue weighted by molar-refractivity contribution is 9.10. The van der Waals surface area contributed by atoms with Crippen LogP contribution in [0.1, 0.15) is 21.5 Å². The van der Waals surface area contributed by atoms with Gasteiger partial charge in [0, 0.05) is 17.0 Å². The van der Waals surface area contributed by atoms with Gasteiger partial charge in [0.2, 0.25) is 0 Å². The number of carbonyl (C=O) groups excluding carboxylic acids is 1. The van der Waals surface area contributed by atoms with Gasteiger partial charge in [-0.3, -0.25) is 4.79 Å². The van der Waals surface area contributed by atoms with Crippen molar-refractivity contribution in [2.45, 2.75) is 6.42 Å². The minimum atomic E-state index is -0.476. The number of fused-ring (bicyclic) bond motifs is 1. The van der Waals surface area contributed by atoms with Crippen LogP contribution in [0.25, 0.3) is 0 Å². The summed E-state index contributed by atoms with van der Waals surface area (Å²) in [5, 5.41) is 0.477. The number of hydrogen-bond donors (Lipinski definition) is 0. The summed E-state index contributed by atoms with van der Waals surface area (Å²) < 4.78 is 19.2. The van der Waals surface area contributed by atoms with Crippen LogP contribution < -0.4 is 4.74 Å². The topological polar surface area (TPSA) is 26.3 Å². The highest BCUT2D eigenvalue weighted by Gasteiger charge is 2.24. The van der Waals surface area contributed by atoms with Crippen molar-refractivity contribution in [3.05, 3.63) is 62.3 Å². The Bertz CT molecular complexity index is 715. The fraction of sp³-hybridized carbons (Fsp3) is 0.133. The summed E-state index contributed by atoms with van der Waals surface area (Å²) in [7, 11) is 0. The lowest BCUT2D eigenvalue weighted by Crippen LogP contribution is -2.05. The van der Waals surface area contributed by atoms with Crippen molar-refractivity contribution in [1.82, 2.24) is 0 Å². The van der Waals surface area contributed by atoms with Crippen molar-refractivity contribution in [3.63, 3.8) is 0 Å². The molecule has 0 N–H and O–H groups in total. The molecule has 0 spiro atoms. The van der Waals surface area contributed by atoms with Crippen LogP contribution in [-0.2, 0) is 6.42 Å². The van der Waals surface area contributed by atoms with Gasteiger partial charge in [0.25, 0.3) is 0 Å². The van der Waals surface area contributed by atoms with Gasteiger partial charge in [-0.2, -0.15) is 0 Å². The van der Waals surface area contributed by atoms with E-state index in [1.807, 2.05) is 0 Å². The third-order valence-electron chi connectivity index (χ3n) is 3.19. The molecule has 3 rings (SSSR count). The minimum absolute atomic E-state index is 0.150. The van der Waals surface area contributed by atoms with Crippen molar-refractivity contribution in [2.24, 2.45) is 0 Å². The van der Waals surface area contributed by atoms with Crippen molar-refractivity contribution in [3.8, 4) is 5.75 Å². The minimum Gasteiger partial charge on any atom is -0.492 e. The maximum Gasteiger partial charge on any atom is 0.198 e. The first-order valence-corrected chi connectivity index (χ1v) is 7.19. The molecule has 0 bridgehead atoms. The van der Waals surface area contributed by atoms with Gasteiger partial charge in [0.15, 0.2) is 5.78 Å². The van der Waals surface area contributed by atoms with Crippen molar-refractivity contribution >= 4 is 33.3 Å². The molecule has 0 unspecified atom stereocenters. The fourth-order valence-corrected chi connectivity index (χ4v) is 2.95. The number of halogens is 3. The number of ketones is 1. The molecule has 5 heteroatoms. The Hall–Kier alpha value is -1.39. The van der Waals surface area contributed by atoms with Crippen LogP contribution in [0.3, 0.4) is 0 Å². The molecule has 1 heterocycles. The van der Waals surface area contributed by atoms with E-state index in [9.17, 15) is 9.18 Å². The number of benzene rings is 2. The Morgan fingerprint density at radius 2 is 2.10 bits per heavy atom. The molecule has 0 aromatic heterocycles. The first-order chi connectivity index (χ1) is 9.58. The molecule has 0 atom stereocenters. The number of ether oxygens (including phenoxy) is 1. The van der Waals surface area contributed by atoms with E-state index in [1.165, 1.54) is 12.1 Å². The molecule has 20 heavy (non-hydrogen) atoms. The van der Waals surface area contributed by atoms with Gasteiger partial charge >= 0.3 is 0 Å². The lowest BCUT2D eigenvalue weighted by Gasteiger charge is -2.09. The molecule has 0 amide bonds. The summed E-state index contributed by atoms with van der Waals surface area (Å²) in [5.41, 5.74) is 1.54. The molecule has 2 aromatic rings. The van der Waals surface area contributed by atoms with Crippen LogP contribution in [0, 0.1) is 5.82 Å². The Morgan fingerprint density at radius 1 is 1.30 bits per heavy atom. The first kappa shape index (κ1) is 13.6. The molecule has 2 nitrogen and oxygen atoms in total. The van der Waals surface area contributed by atoms with Crippen molar-refractivity contribution in [2.75, 3.05) is 6.61 Å². The lowest BCUT2D eigenvalue weighted by molar-refractivity contribution is 0.103. The molecule has 1 aliphatic rings. The van der Waals surface area contributed by atoms with Gasteiger partial charge in [0.1, 0.15) is 11.6 Å². The smallest absolute Gasteiger partial charge is 0.198 e. The zero-order valence-electron chi connectivity index (χ0n) is 10.3. The molecular formula is C15H9BrClFO2. The van der Waals surface area contributed by atoms with Gasteiger partial charge < -0.3 is 4.74 Å². The maximum absolute atomic E-state index is 13.6. The molecule has 0 aliphatic carbocycles. The van der Waals surface area contributed by atoms with Crippen LogP contribution in [0.5, 0.6) is 5.75 Å². The summed E-state index contributed by atoms with van der Waals surface area (Å²) in [6.07, 6.45) is 0.723. The van der Waals surface area contributed by atoms with Gasteiger partial charge in [-0.1, -0.05) is 17.7 Å². The monoisotopic (exact) mass is 354 g/mol. The zero-order valence-corrected chi connectivity index (χ0v) is 12.6. The molecule has 0 radical (unpaired) electrons. The number of rotatable bonds is 2. The quantitative estimate of drug-likeness (QED) is 0.746. The lowest BCUT2D eigenvalue weighted by atomic mass is 9.99. The maximum atomic E-state index is 13.6. The van der Waals surface area contributed by atoms with Gasteiger partial charge in [-0.05, 0) is 45.8 Å². The van der Waals surface area contributed by atoms with Crippen molar-refractivity contribution in [1.29, 1.82) is 0 Å². The number of carbonyl (C=O) groups is 1. The third-order valence-corrected chi connectivity index (χ3v) is 4.21. The SMILES string of the molecule is O=C(c1cccc(F)c1Br)c1cc(Cl)cc2c1OCC2. The average molecular weight is 356 g/mol. The Balaban J connectivity index is 2.14. The third kappa shape index (κ3) is 2.23. The van der Waals surface area contributed by atoms with Gasteiger partial charge in [-0.15, -0.1) is 0 Å². The van der Waals surface area contributed by atoms with Crippen LogP contribution in [0.2, 0.25) is 5.02 Å². The van der Waals surface area contributed by atoms with Gasteiger partial charge in [-0.25, -0.2) is 4.39 Å². The predicted molar refractivity (Wildman–Crippen MR) is 78.2 cm³/mol. The molecule has 102 valence electrons.